The second-order valence-electron chi connectivity index (χ2n) is 11.4. The van der Waals surface area contributed by atoms with Gasteiger partial charge in [-0.05, 0) is 34.9 Å². The lowest BCUT2D eigenvalue weighted by molar-refractivity contribution is -0.148. The van der Waals surface area contributed by atoms with Crippen LogP contribution in [0.5, 0.6) is 5.75 Å². The molecule has 0 saturated carbocycles. The molecule has 4 rings (SSSR count). The Morgan fingerprint density at radius 3 is 2.70 bits per heavy atom. The number of halogens is 1. The van der Waals surface area contributed by atoms with Crippen LogP contribution in [0.3, 0.4) is 0 Å². The van der Waals surface area contributed by atoms with Crippen molar-refractivity contribution in [3.8, 4) is 5.75 Å². The van der Waals surface area contributed by atoms with E-state index in [1.165, 1.54) is 24.2 Å². The number of hydrogen-bond acceptors (Lipinski definition) is 9. The van der Waals surface area contributed by atoms with Crippen molar-refractivity contribution in [2.75, 3.05) is 13.2 Å². The minimum atomic E-state index is -4.30. The van der Waals surface area contributed by atoms with Crippen molar-refractivity contribution in [3.05, 3.63) is 80.0 Å². The van der Waals surface area contributed by atoms with Crippen LogP contribution in [0.1, 0.15) is 45.9 Å². The molecule has 12 nitrogen and oxygen atoms in total. The molecule has 43 heavy (non-hydrogen) atoms. The lowest BCUT2D eigenvalue weighted by atomic mass is 9.99. The van der Waals surface area contributed by atoms with E-state index in [2.05, 4.69) is 26.0 Å². The lowest BCUT2D eigenvalue weighted by Gasteiger charge is -2.26. The standard InChI is InChI=1S/C29H35BrN3O9P/c1-18(27(36)39-17-29(2,3)4)32-43(38,42-23-11-7-9-19-8-5-6-10-21(19)23)40-16-24-22(34)14-25(41-24)33-15-20(12-13-30)26(35)31-28(33)37/h5-13,15,18,22,24-25,34H,14,16-17H2,1-4H3,(H,32,38)(H,31,35,37)/b13-12+/t18-,22-,24+,25+,43?/m0/s1. The number of carbonyl (C=O) groups is 1. The molecule has 1 aromatic heterocycles. The van der Waals surface area contributed by atoms with Crippen LogP contribution in [-0.4, -0.2) is 52.1 Å². The number of benzene rings is 2. The van der Waals surface area contributed by atoms with E-state index in [0.29, 0.717) is 5.39 Å². The number of carbonyl (C=O) groups excluding carboxylic acids is 1. The summed E-state index contributed by atoms with van der Waals surface area (Å²) in [5.41, 5.74) is -1.38. The predicted octanol–water partition coefficient (Wildman–Crippen LogP) is 4.47. The van der Waals surface area contributed by atoms with Crippen LogP contribution in [-0.2, 0) is 23.4 Å². The van der Waals surface area contributed by atoms with E-state index in [1.54, 1.807) is 18.2 Å². The first-order valence-corrected chi connectivity index (χ1v) is 16.1. The van der Waals surface area contributed by atoms with Crippen LogP contribution in [0.2, 0.25) is 0 Å². The fourth-order valence-electron chi connectivity index (χ4n) is 4.31. The minimum Gasteiger partial charge on any atom is -0.464 e. The Morgan fingerprint density at radius 2 is 1.98 bits per heavy atom. The zero-order chi connectivity index (χ0) is 31.4. The highest BCUT2D eigenvalue weighted by molar-refractivity contribution is 9.11. The summed E-state index contributed by atoms with van der Waals surface area (Å²) in [5, 5.41) is 14.9. The second-order valence-corrected chi connectivity index (χ2v) is 13.6. The van der Waals surface area contributed by atoms with Crippen molar-refractivity contribution < 1.29 is 33.0 Å². The first-order valence-electron chi connectivity index (χ1n) is 13.6. The summed E-state index contributed by atoms with van der Waals surface area (Å²) in [4.78, 5) is 41.0. The molecule has 0 radical (unpaired) electrons. The summed E-state index contributed by atoms with van der Waals surface area (Å²) in [6, 6.07) is 11.5. The van der Waals surface area contributed by atoms with E-state index in [9.17, 15) is 24.1 Å². The van der Waals surface area contributed by atoms with Gasteiger partial charge < -0.3 is 19.1 Å². The number of esters is 1. The first-order chi connectivity index (χ1) is 20.3. The molecule has 2 heterocycles. The topological polar surface area (TPSA) is 158 Å². The smallest absolute Gasteiger partial charge is 0.459 e. The Labute approximate surface area is 256 Å². The van der Waals surface area contributed by atoms with E-state index in [1.807, 2.05) is 45.0 Å². The highest BCUT2D eigenvalue weighted by Crippen LogP contribution is 2.47. The zero-order valence-electron chi connectivity index (χ0n) is 24.2. The number of rotatable bonds is 11. The molecule has 232 valence electrons. The number of aliphatic hydroxyl groups is 1. The first kappa shape index (κ1) is 32.8. The van der Waals surface area contributed by atoms with Gasteiger partial charge in [-0.15, -0.1) is 0 Å². The van der Waals surface area contributed by atoms with Crippen LogP contribution < -0.4 is 20.9 Å². The Morgan fingerprint density at radius 1 is 1.26 bits per heavy atom. The van der Waals surface area contributed by atoms with Crippen LogP contribution in [0.4, 0.5) is 0 Å². The predicted molar refractivity (Wildman–Crippen MR) is 165 cm³/mol. The monoisotopic (exact) mass is 679 g/mol. The molecule has 3 aromatic rings. The van der Waals surface area contributed by atoms with Crippen molar-refractivity contribution >= 4 is 46.5 Å². The molecule has 1 aliphatic heterocycles. The fourth-order valence-corrected chi connectivity index (χ4v) is 6.11. The van der Waals surface area contributed by atoms with E-state index in [0.717, 1.165) is 9.95 Å². The van der Waals surface area contributed by atoms with Crippen molar-refractivity contribution in [2.24, 2.45) is 5.41 Å². The third kappa shape index (κ3) is 8.53. The van der Waals surface area contributed by atoms with Crippen molar-refractivity contribution in [1.29, 1.82) is 0 Å². The normalized spacial score (nSPS) is 21.1. The molecule has 14 heteroatoms. The SMILES string of the molecule is C[C@H](NP(=O)(OC[C@H]1O[C@@H](n2cc(/C=C/Br)c(=O)[nH]c2=O)C[C@@H]1O)Oc1cccc2ccccc12)C(=O)OCC(C)(C)C. The maximum Gasteiger partial charge on any atom is 0.459 e. The number of nitrogens with zero attached hydrogens (tertiary/aromatic N) is 1. The van der Waals surface area contributed by atoms with Crippen molar-refractivity contribution in [1.82, 2.24) is 14.6 Å². The summed E-state index contributed by atoms with van der Waals surface area (Å²) < 4.78 is 38.3. The van der Waals surface area contributed by atoms with Crippen molar-refractivity contribution in [3.63, 3.8) is 0 Å². The van der Waals surface area contributed by atoms with Gasteiger partial charge >= 0.3 is 19.4 Å². The average molecular weight is 680 g/mol. The summed E-state index contributed by atoms with van der Waals surface area (Å²) in [6.07, 6.45) is -0.295. The Hall–Kier alpha value is -3.06. The Kier molecular flexibility index (Phi) is 10.5. The highest BCUT2D eigenvalue weighted by Gasteiger charge is 2.40. The van der Waals surface area contributed by atoms with Crippen LogP contribution in [0.25, 0.3) is 16.8 Å². The maximum atomic E-state index is 14.2. The van der Waals surface area contributed by atoms with Gasteiger partial charge in [0.15, 0.2) is 0 Å². The lowest BCUT2D eigenvalue weighted by Crippen LogP contribution is -2.37. The molecule has 0 aliphatic carbocycles. The summed E-state index contributed by atoms with van der Waals surface area (Å²) in [6.45, 7) is 6.95. The highest BCUT2D eigenvalue weighted by atomic mass is 79.9. The second kappa shape index (κ2) is 13.7. The number of ether oxygens (including phenoxy) is 2. The van der Waals surface area contributed by atoms with Crippen LogP contribution in [0, 0.1) is 5.41 Å². The van der Waals surface area contributed by atoms with Gasteiger partial charge in [0, 0.05) is 18.0 Å². The molecule has 1 fully saturated rings. The summed E-state index contributed by atoms with van der Waals surface area (Å²) >= 11 is 3.10. The van der Waals surface area contributed by atoms with Gasteiger partial charge in [-0.25, -0.2) is 9.36 Å². The third-order valence-corrected chi connectivity index (χ3v) is 8.38. The van der Waals surface area contributed by atoms with Gasteiger partial charge in [0.2, 0.25) is 0 Å². The number of aromatic nitrogens is 2. The quantitative estimate of drug-likeness (QED) is 0.195. The van der Waals surface area contributed by atoms with Gasteiger partial charge in [-0.1, -0.05) is 73.1 Å². The molecule has 0 amide bonds. The number of aromatic amines is 1. The molecule has 0 spiro atoms. The van der Waals surface area contributed by atoms with E-state index >= 15 is 0 Å². The largest absolute Gasteiger partial charge is 0.464 e. The molecule has 1 unspecified atom stereocenters. The van der Waals surface area contributed by atoms with Crippen LogP contribution >= 0.6 is 23.7 Å². The molecule has 1 saturated heterocycles. The Balaban J connectivity index is 1.55. The zero-order valence-corrected chi connectivity index (χ0v) is 26.7. The minimum absolute atomic E-state index is 0.00507. The Bertz CT molecular complexity index is 1640. The van der Waals surface area contributed by atoms with Crippen molar-refractivity contribution in [2.45, 2.75) is 58.6 Å². The number of fused-ring (bicyclic) bond motifs is 1. The number of hydrogen-bond donors (Lipinski definition) is 3. The molecular weight excluding hydrogens is 645 g/mol. The molecule has 3 N–H and O–H groups in total. The van der Waals surface area contributed by atoms with Gasteiger partial charge in [0.05, 0.1) is 24.9 Å². The van der Waals surface area contributed by atoms with Gasteiger partial charge in [-0.3, -0.25) is 23.7 Å². The molecule has 1 aliphatic rings. The van der Waals surface area contributed by atoms with Gasteiger partial charge in [-0.2, -0.15) is 5.09 Å². The molecule has 0 bridgehead atoms. The summed E-state index contributed by atoms with van der Waals surface area (Å²) in [5.74, 6) is -0.398. The van der Waals surface area contributed by atoms with E-state index < -0.39 is 56.0 Å². The number of H-pyrrole nitrogens is 1. The molecular formula is C29H35BrN3O9P. The van der Waals surface area contributed by atoms with Crippen LogP contribution in [0.15, 0.2) is 63.2 Å². The van der Waals surface area contributed by atoms with Gasteiger partial charge in [0.1, 0.15) is 24.1 Å². The van der Waals surface area contributed by atoms with E-state index in [4.69, 9.17) is 18.5 Å². The van der Waals surface area contributed by atoms with Gasteiger partial charge in [0.25, 0.3) is 5.56 Å². The molecule has 5 atom stereocenters. The van der Waals surface area contributed by atoms with E-state index in [-0.39, 0.29) is 29.8 Å². The number of nitrogens with one attached hydrogen (secondary N) is 2. The summed E-state index contributed by atoms with van der Waals surface area (Å²) in [7, 11) is -4.30. The number of aliphatic hydroxyl groups excluding tert-OH is 1. The fraction of sp³-hybridized carbons (Fsp3) is 0.414. The molecule has 2 aromatic carbocycles. The average Bonchev–Trinajstić information content (AvgIpc) is 3.32. The third-order valence-electron chi connectivity index (χ3n) is 6.48. The maximum absolute atomic E-state index is 14.2.